The minimum atomic E-state index is -1.05. The molecule has 2 aliphatic heterocycles. The van der Waals surface area contributed by atoms with Gasteiger partial charge in [-0.15, -0.1) is 20.4 Å². The summed E-state index contributed by atoms with van der Waals surface area (Å²) in [6.45, 7) is 0.788. The number of hydrogen-bond acceptors (Lipinski definition) is 11. The second kappa shape index (κ2) is 16.0. The normalized spacial score (nSPS) is 15.2. The van der Waals surface area contributed by atoms with Crippen molar-refractivity contribution in [3.05, 3.63) is 119 Å². The Hall–Kier alpha value is -7.14. The van der Waals surface area contributed by atoms with Crippen LogP contribution in [0.4, 0.5) is 11.6 Å². The standard InChI is InChI=1S/C21H20N6O2.C19H15N5O3.C2H7N/c1-25(2)20(28)13-6-7-14-11-26(21(29)16(14)10-13)18-5-3-4-17(23-18)19-24-22-12-27(19)15-8-9-15;25-18-14-8-11(19(26)27)4-5-12(14)9-23(18)16-3-1-2-15(21-16)17-22-20-10-24(17)13-6-7-13;1-3-2/h3-7,10,12,15H,8-9,11H2,1-2H3;1-5,8,10,13H,6-7,9H2,(H,26,27);3H,1-2H3. The van der Waals surface area contributed by atoms with Gasteiger partial charge in [0.25, 0.3) is 17.7 Å². The minimum absolute atomic E-state index is 0.100. The van der Waals surface area contributed by atoms with Crippen LogP contribution in [0.25, 0.3) is 23.0 Å². The van der Waals surface area contributed by atoms with Crippen molar-refractivity contribution >= 4 is 35.3 Å². The van der Waals surface area contributed by atoms with E-state index in [0.29, 0.717) is 70.7 Å². The lowest BCUT2D eigenvalue weighted by molar-refractivity contribution is 0.0696. The molecule has 0 radical (unpaired) electrons. The van der Waals surface area contributed by atoms with Gasteiger partial charge in [-0.1, -0.05) is 24.3 Å². The lowest BCUT2D eigenvalue weighted by atomic mass is 10.1. The molecule has 2 saturated carbocycles. The van der Waals surface area contributed by atoms with E-state index in [0.717, 1.165) is 42.6 Å². The third-order valence-corrected chi connectivity index (χ3v) is 10.2. The topological polar surface area (TPSA) is 197 Å². The first-order valence-electron chi connectivity index (χ1n) is 19.2. The maximum atomic E-state index is 13.1. The molecule has 300 valence electrons. The van der Waals surface area contributed by atoms with E-state index in [1.165, 1.54) is 17.0 Å². The molecule has 4 aliphatic rings. The number of benzene rings is 2. The van der Waals surface area contributed by atoms with Gasteiger partial charge < -0.3 is 24.5 Å². The fourth-order valence-electron chi connectivity index (χ4n) is 6.98. The Morgan fingerprint density at radius 3 is 1.54 bits per heavy atom. The molecule has 0 unspecified atom stereocenters. The number of nitrogens with one attached hydrogen (secondary N) is 1. The molecular weight excluding hydrogens is 753 g/mol. The van der Waals surface area contributed by atoms with Gasteiger partial charge in [0.15, 0.2) is 11.6 Å². The van der Waals surface area contributed by atoms with Crippen LogP contribution in [-0.2, 0) is 13.1 Å². The summed E-state index contributed by atoms with van der Waals surface area (Å²) in [5, 5.41) is 28.3. The number of rotatable bonds is 8. The van der Waals surface area contributed by atoms with Crippen LogP contribution in [0.15, 0.2) is 85.5 Å². The average Bonchev–Trinajstić information content (AvgIpc) is 4.10. The molecule has 10 rings (SSSR count). The number of carboxylic acid groups (broad SMARTS) is 1. The van der Waals surface area contributed by atoms with Crippen LogP contribution in [0.1, 0.15) is 90.3 Å². The van der Waals surface area contributed by atoms with E-state index in [4.69, 9.17) is 10.1 Å². The van der Waals surface area contributed by atoms with Gasteiger partial charge in [0.2, 0.25) is 0 Å². The smallest absolute Gasteiger partial charge is 0.335 e. The monoisotopic (exact) mass is 794 g/mol. The van der Waals surface area contributed by atoms with E-state index >= 15 is 0 Å². The number of amides is 3. The van der Waals surface area contributed by atoms with Gasteiger partial charge in [0.05, 0.1) is 18.7 Å². The molecule has 4 aromatic heterocycles. The molecule has 2 aromatic carbocycles. The van der Waals surface area contributed by atoms with Crippen LogP contribution in [0.3, 0.4) is 0 Å². The first-order valence-corrected chi connectivity index (χ1v) is 19.2. The van der Waals surface area contributed by atoms with Gasteiger partial charge >= 0.3 is 5.97 Å². The van der Waals surface area contributed by atoms with Gasteiger partial charge in [0.1, 0.15) is 35.7 Å². The first-order chi connectivity index (χ1) is 28.6. The van der Waals surface area contributed by atoms with Crippen LogP contribution in [0.5, 0.6) is 0 Å². The van der Waals surface area contributed by atoms with Crippen LogP contribution in [0.2, 0.25) is 0 Å². The van der Waals surface area contributed by atoms with E-state index in [-0.39, 0.29) is 23.3 Å². The van der Waals surface area contributed by atoms with Crippen molar-refractivity contribution < 1.29 is 24.3 Å². The fourth-order valence-corrected chi connectivity index (χ4v) is 6.98. The van der Waals surface area contributed by atoms with Gasteiger partial charge in [-0.2, -0.15) is 0 Å². The van der Waals surface area contributed by atoms with Gasteiger partial charge in [-0.3, -0.25) is 24.2 Å². The minimum Gasteiger partial charge on any atom is -0.478 e. The van der Waals surface area contributed by atoms with Gasteiger partial charge in [-0.05, 0) is 99.4 Å². The summed E-state index contributed by atoms with van der Waals surface area (Å²) in [4.78, 5) is 63.3. The molecular formula is C42H42N12O5. The molecule has 0 bridgehead atoms. The van der Waals surface area contributed by atoms with Crippen LogP contribution in [-0.4, -0.2) is 101 Å². The molecule has 6 aromatic rings. The Balaban J connectivity index is 0.000000154. The summed E-state index contributed by atoms with van der Waals surface area (Å²) < 4.78 is 4.07. The van der Waals surface area contributed by atoms with E-state index in [2.05, 4.69) is 30.7 Å². The van der Waals surface area contributed by atoms with Gasteiger partial charge in [0, 0.05) is 42.9 Å². The number of carbonyl (C=O) groups is 4. The molecule has 0 saturated heterocycles. The van der Waals surface area contributed by atoms with Crippen molar-refractivity contribution in [2.75, 3.05) is 38.0 Å². The van der Waals surface area contributed by atoms with Crippen molar-refractivity contribution in [2.24, 2.45) is 0 Å². The maximum Gasteiger partial charge on any atom is 0.335 e. The zero-order valence-corrected chi connectivity index (χ0v) is 33.0. The lowest BCUT2D eigenvalue weighted by Gasteiger charge is -2.15. The zero-order valence-electron chi connectivity index (χ0n) is 33.0. The third kappa shape index (κ3) is 7.79. The second-order valence-corrected chi connectivity index (χ2v) is 14.9. The van der Waals surface area contributed by atoms with Crippen molar-refractivity contribution in [2.45, 2.75) is 50.9 Å². The third-order valence-electron chi connectivity index (χ3n) is 10.2. The number of carbonyl (C=O) groups excluding carboxylic acids is 3. The van der Waals surface area contributed by atoms with Gasteiger partial charge in [-0.25, -0.2) is 14.8 Å². The van der Waals surface area contributed by atoms with Crippen LogP contribution >= 0.6 is 0 Å². The molecule has 17 nitrogen and oxygen atoms in total. The molecule has 6 heterocycles. The predicted octanol–water partition coefficient (Wildman–Crippen LogP) is 4.91. The Morgan fingerprint density at radius 2 is 1.12 bits per heavy atom. The van der Waals surface area contributed by atoms with E-state index in [1.807, 2.05) is 59.6 Å². The van der Waals surface area contributed by atoms with Crippen molar-refractivity contribution in [1.82, 2.24) is 49.7 Å². The fraction of sp³-hybridized carbons (Fsp3) is 0.286. The number of aromatic nitrogens is 8. The largest absolute Gasteiger partial charge is 0.478 e. The molecule has 0 spiro atoms. The number of fused-ring (bicyclic) bond motifs is 2. The SMILES string of the molecule is CN(C)C(=O)c1ccc2c(c1)C(=O)N(c1cccc(-c3nncn3C3CC3)n1)C2.CNC.O=C(O)c1ccc2c(c1)C(=O)N(c1cccc(-c3nncn3C3CC3)n1)C2. The molecule has 2 aliphatic carbocycles. The first kappa shape index (κ1) is 38.7. The van der Waals surface area contributed by atoms with E-state index in [1.54, 1.807) is 60.8 Å². The summed E-state index contributed by atoms with van der Waals surface area (Å²) in [5.41, 5.74) is 4.59. The molecule has 2 fully saturated rings. The highest BCUT2D eigenvalue weighted by atomic mass is 16.4. The maximum absolute atomic E-state index is 13.1. The van der Waals surface area contributed by atoms with Crippen LogP contribution < -0.4 is 15.1 Å². The summed E-state index contributed by atoms with van der Waals surface area (Å²) in [5.74, 6) is 0.907. The highest BCUT2D eigenvalue weighted by molar-refractivity contribution is 6.11. The zero-order chi connectivity index (χ0) is 41.4. The summed E-state index contributed by atoms with van der Waals surface area (Å²) >= 11 is 0. The summed E-state index contributed by atoms with van der Waals surface area (Å²) in [6, 6.07) is 21.8. The highest BCUT2D eigenvalue weighted by Gasteiger charge is 2.33. The highest BCUT2D eigenvalue weighted by Crippen LogP contribution is 2.39. The predicted molar refractivity (Wildman–Crippen MR) is 217 cm³/mol. The Labute approximate surface area is 339 Å². The Bertz CT molecular complexity index is 2590. The molecule has 3 amide bonds. The number of nitrogens with zero attached hydrogens (tertiary/aromatic N) is 11. The molecule has 0 atom stereocenters. The summed E-state index contributed by atoms with van der Waals surface area (Å²) in [7, 11) is 7.14. The van der Waals surface area contributed by atoms with Crippen molar-refractivity contribution in [3.8, 4) is 23.0 Å². The summed E-state index contributed by atoms with van der Waals surface area (Å²) in [6.07, 6.45) is 7.91. The lowest BCUT2D eigenvalue weighted by Crippen LogP contribution is -2.24. The van der Waals surface area contributed by atoms with Crippen molar-refractivity contribution in [1.29, 1.82) is 0 Å². The molecule has 59 heavy (non-hydrogen) atoms. The van der Waals surface area contributed by atoms with Crippen LogP contribution in [0, 0.1) is 0 Å². The Kier molecular flexibility index (Phi) is 10.5. The number of hydrogen-bond donors (Lipinski definition) is 2. The van der Waals surface area contributed by atoms with E-state index in [9.17, 15) is 19.2 Å². The quantitative estimate of drug-likeness (QED) is 0.212. The number of carboxylic acids is 1. The number of anilines is 2. The number of aromatic carboxylic acids is 1. The Morgan fingerprint density at radius 1 is 0.678 bits per heavy atom. The molecule has 2 N–H and O–H groups in total. The molecule has 17 heteroatoms. The van der Waals surface area contributed by atoms with E-state index < -0.39 is 5.97 Å². The average molecular weight is 795 g/mol. The number of pyridine rings is 2. The van der Waals surface area contributed by atoms with Crippen molar-refractivity contribution in [3.63, 3.8) is 0 Å². The second-order valence-electron chi connectivity index (χ2n) is 14.9.